The fourth-order valence-electron chi connectivity index (χ4n) is 2.84. The van der Waals surface area contributed by atoms with Crippen molar-refractivity contribution in [2.75, 3.05) is 14.2 Å². The minimum absolute atomic E-state index is 0.446. The molecule has 2 heteroatoms. The van der Waals surface area contributed by atoms with Crippen LogP contribution in [0.2, 0.25) is 0 Å². The monoisotopic (exact) mass is 263 g/mol. The number of hydrogen-bond donors (Lipinski definition) is 1. The molecule has 1 aromatic carbocycles. The molecule has 0 radical (unpaired) electrons. The minimum Gasteiger partial charge on any atom is -0.496 e. The predicted octanol–water partition coefficient (Wildman–Crippen LogP) is 4.48. The van der Waals surface area contributed by atoms with Crippen molar-refractivity contribution in [3.8, 4) is 5.75 Å². The normalized spacial score (nSPS) is 14.2. The third-order valence-electron chi connectivity index (χ3n) is 4.01. The highest BCUT2D eigenvalue weighted by molar-refractivity contribution is 5.37. The molecule has 0 bridgehead atoms. The molecular weight excluding hydrogens is 234 g/mol. The summed E-state index contributed by atoms with van der Waals surface area (Å²) in [5.41, 5.74) is 2.59. The average Bonchev–Trinajstić information content (AvgIpc) is 2.43. The van der Waals surface area contributed by atoms with Gasteiger partial charge in [0.25, 0.3) is 0 Å². The summed E-state index contributed by atoms with van der Waals surface area (Å²) >= 11 is 0. The van der Waals surface area contributed by atoms with E-state index in [4.69, 9.17) is 4.74 Å². The topological polar surface area (TPSA) is 21.3 Å². The molecule has 108 valence electrons. The second kappa shape index (κ2) is 8.21. The Morgan fingerprint density at radius 2 is 2.00 bits per heavy atom. The first-order valence-electron chi connectivity index (χ1n) is 7.49. The zero-order chi connectivity index (χ0) is 14.3. The molecule has 2 atom stereocenters. The highest BCUT2D eigenvalue weighted by Gasteiger charge is 2.20. The molecule has 0 heterocycles. The second-order valence-corrected chi connectivity index (χ2v) is 5.31. The number of nitrogens with one attached hydrogen (secondary N) is 1. The second-order valence-electron chi connectivity index (χ2n) is 5.31. The van der Waals surface area contributed by atoms with Crippen molar-refractivity contribution < 1.29 is 4.74 Å². The van der Waals surface area contributed by atoms with Crippen LogP contribution in [-0.2, 0) is 0 Å². The van der Waals surface area contributed by atoms with E-state index in [-0.39, 0.29) is 0 Å². The SMILES string of the molecule is CCCCC(CC)C(NC)c1ccc(OC)c(C)c1. The summed E-state index contributed by atoms with van der Waals surface area (Å²) in [6.45, 7) is 6.67. The zero-order valence-electron chi connectivity index (χ0n) is 13.1. The molecule has 1 N–H and O–H groups in total. The van der Waals surface area contributed by atoms with Crippen LogP contribution in [0.1, 0.15) is 56.7 Å². The van der Waals surface area contributed by atoms with Crippen molar-refractivity contribution in [1.29, 1.82) is 0 Å². The Morgan fingerprint density at radius 1 is 1.26 bits per heavy atom. The molecule has 0 fully saturated rings. The maximum absolute atomic E-state index is 5.34. The Bertz CT molecular complexity index is 376. The lowest BCUT2D eigenvalue weighted by atomic mass is 9.86. The molecule has 0 spiro atoms. The average molecular weight is 263 g/mol. The predicted molar refractivity (Wildman–Crippen MR) is 82.8 cm³/mol. The summed E-state index contributed by atoms with van der Waals surface area (Å²) in [6, 6.07) is 6.98. The summed E-state index contributed by atoms with van der Waals surface area (Å²) in [4.78, 5) is 0. The van der Waals surface area contributed by atoms with Crippen LogP contribution in [0, 0.1) is 12.8 Å². The van der Waals surface area contributed by atoms with Crippen LogP contribution >= 0.6 is 0 Å². The maximum atomic E-state index is 5.34. The summed E-state index contributed by atoms with van der Waals surface area (Å²) in [5, 5.41) is 3.50. The van der Waals surface area contributed by atoms with Gasteiger partial charge in [-0.25, -0.2) is 0 Å². The molecule has 1 rings (SSSR count). The first kappa shape index (κ1) is 16.0. The molecule has 2 unspecified atom stereocenters. The van der Waals surface area contributed by atoms with Crippen molar-refractivity contribution in [1.82, 2.24) is 5.32 Å². The molecule has 0 saturated carbocycles. The van der Waals surface area contributed by atoms with E-state index in [0.29, 0.717) is 12.0 Å². The van der Waals surface area contributed by atoms with Crippen LogP contribution < -0.4 is 10.1 Å². The van der Waals surface area contributed by atoms with Gasteiger partial charge in [0.2, 0.25) is 0 Å². The van der Waals surface area contributed by atoms with Gasteiger partial charge in [-0.3, -0.25) is 0 Å². The van der Waals surface area contributed by atoms with Crippen LogP contribution in [0.4, 0.5) is 0 Å². The van der Waals surface area contributed by atoms with Crippen LogP contribution in [0.15, 0.2) is 18.2 Å². The first-order valence-corrected chi connectivity index (χ1v) is 7.49. The van der Waals surface area contributed by atoms with Crippen LogP contribution in [0.5, 0.6) is 5.75 Å². The Labute approximate surface area is 118 Å². The number of benzene rings is 1. The Morgan fingerprint density at radius 3 is 2.47 bits per heavy atom. The lowest BCUT2D eigenvalue weighted by molar-refractivity contribution is 0.338. The molecule has 0 aromatic heterocycles. The van der Waals surface area contributed by atoms with Gasteiger partial charge in [-0.2, -0.15) is 0 Å². The first-order chi connectivity index (χ1) is 9.17. The molecule has 0 aliphatic heterocycles. The van der Waals surface area contributed by atoms with Crippen molar-refractivity contribution in [3.05, 3.63) is 29.3 Å². The molecule has 19 heavy (non-hydrogen) atoms. The zero-order valence-corrected chi connectivity index (χ0v) is 13.1. The Hall–Kier alpha value is -1.02. The number of unbranched alkanes of at least 4 members (excludes halogenated alkanes) is 1. The Kier molecular flexibility index (Phi) is 6.93. The summed E-state index contributed by atoms with van der Waals surface area (Å²) in [5.74, 6) is 1.68. The summed E-state index contributed by atoms with van der Waals surface area (Å²) < 4.78 is 5.34. The highest BCUT2D eigenvalue weighted by Crippen LogP contribution is 2.31. The molecule has 0 aliphatic carbocycles. The third kappa shape index (κ3) is 4.24. The lowest BCUT2D eigenvalue weighted by Gasteiger charge is -2.27. The van der Waals surface area contributed by atoms with Crippen molar-refractivity contribution in [2.24, 2.45) is 5.92 Å². The van der Waals surface area contributed by atoms with E-state index in [1.165, 1.54) is 36.8 Å². The van der Waals surface area contributed by atoms with E-state index in [2.05, 4.69) is 51.3 Å². The molecule has 0 aliphatic rings. The van der Waals surface area contributed by atoms with Gasteiger partial charge >= 0.3 is 0 Å². The fraction of sp³-hybridized carbons (Fsp3) is 0.647. The van der Waals surface area contributed by atoms with Crippen LogP contribution in [0.3, 0.4) is 0 Å². The van der Waals surface area contributed by atoms with Crippen molar-refractivity contribution >= 4 is 0 Å². The van der Waals surface area contributed by atoms with Gasteiger partial charge in [-0.05, 0) is 43.5 Å². The molecule has 2 nitrogen and oxygen atoms in total. The molecule has 1 aromatic rings. The maximum Gasteiger partial charge on any atom is 0.121 e. The standard InChI is InChI=1S/C17H29NO/c1-6-8-9-14(7-2)17(18-4)15-10-11-16(19-5)13(3)12-15/h10-12,14,17-18H,6-9H2,1-5H3. The molecule has 0 saturated heterocycles. The lowest BCUT2D eigenvalue weighted by Crippen LogP contribution is -2.25. The molecular formula is C17H29NO. The van der Waals surface area contributed by atoms with Gasteiger partial charge in [0.15, 0.2) is 0 Å². The largest absolute Gasteiger partial charge is 0.496 e. The van der Waals surface area contributed by atoms with E-state index < -0.39 is 0 Å². The van der Waals surface area contributed by atoms with E-state index >= 15 is 0 Å². The van der Waals surface area contributed by atoms with Crippen molar-refractivity contribution in [3.63, 3.8) is 0 Å². The van der Waals surface area contributed by atoms with Gasteiger partial charge in [-0.15, -0.1) is 0 Å². The number of rotatable bonds is 8. The van der Waals surface area contributed by atoms with E-state index in [9.17, 15) is 0 Å². The van der Waals surface area contributed by atoms with E-state index in [1.807, 2.05) is 0 Å². The van der Waals surface area contributed by atoms with Gasteiger partial charge < -0.3 is 10.1 Å². The van der Waals surface area contributed by atoms with Crippen molar-refractivity contribution in [2.45, 2.75) is 52.5 Å². The van der Waals surface area contributed by atoms with Crippen LogP contribution in [0.25, 0.3) is 0 Å². The number of aryl methyl sites for hydroxylation is 1. The van der Waals surface area contributed by atoms with E-state index in [0.717, 1.165) is 5.75 Å². The highest BCUT2D eigenvalue weighted by atomic mass is 16.5. The molecule has 0 amide bonds. The quantitative estimate of drug-likeness (QED) is 0.746. The van der Waals surface area contributed by atoms with Gasteiger partial charge in [-0.1, -0.05) is 45.2 Å². The van der Waals surface area contributed by atoms with Gasteiger partial charge in [0.1, 0.15) is 5.75 Å². The minimum atomic E-state index is 0.446. The summed E-state index contributed by atoms with van der Waals surface area (Å²) in [7, 11) is 3.80. The smallest absolute Gasteiger partial charge is 0.121 e. The number of hydrogen-bond acceptors (Lipinski definition) is 2. The third-order valence-corrected chi connectivity index (χ3v) is 4.01. The number of methoxy groups -OCH3 is 1. The van der Waals surface area contributed by atoms with E-state index in [1.54, 1.807) is 7.11 Å². The fourth-order valence-corrected chi connectivity index (χ4v) is 2.84. The Balaban J connectivity index is 2.91. The van der Waals surface area contributed by atoms with Gasteiger partial charge in [0.05, 0.1) is 7.11 Å². The van der Waals surface area contributed by atoms with Gasteiger partial charge in [0, 0.05) is 6.04 Å². The van der Waals surface area contributed by atoms with Crippen LogP contribution in [-0.4, -0.2) is 14.2 Å². The summed E-state index contributed by atoms with van der Waals surface area (Å²) in [6.07, 6.45) is 5.10. The number of ether oxygens (including phenoxy) is 1.